The highest BCUT2D eigenvalue weighted by Gasteiger charge is 2.10. The summed E-state index contributed by atoms with van der Waals surface area (Å²) in [4.78, 5) is 0. The summed E-state index contributed by atoms with van der Waals surface area (Å²) in [6.45, 7) is 3.83. The highest BCUT2D eigenvalue weighted by molar-refractivity contribution is 5.39. The number of hydrogen-bond donors (Lipinski definition) is 1. The third-order valence-corrected chi connectivity index (χ3v) is 2.74. The maximum atomic E-state index is 13.0. The van der Waals surface area contributed by atoms with Crippen LogP contribution in [0.3, 0.4) is 0 Å². The second kappa shape index (κ2) is 4.63. The Labute approximate surface area is 99.2 Å². The molecule has 2 aromatic rings. The molecule has 90 valence electrons. The van der Waals surface area contributed by atoms with Crippen LogP contribution in [0.5, 0.6) is 0 Å². The molecule has 17 heavy (non-hydrogen) atoms. The third-order valence-electron chi connectivity index (χ3n) is 2.74. The van der Waals surface area contributed by atoms with Gasteiger partial charge in [0, 0.05) is 0 Å². The molecule has 1 aromatic heterocycles. The zero-order valence-corrected chi connectivity index (χ0v) is 9.89. The first-order valence-corrected chi connectivity index (χ1v) is 5.56. The van der Waals surface area contributed by atoms with Crippen molar-refractivity contribution >= 4 is 0 Å². The van der Waals surface area contributed by atoms with Gasteiger partial charge in [-0.3, -0.25) is 0 Å². The van der Waals surface area contributed by atoms with Gasteiger partial charge in [0.1, 0.15) is 5.82 Å². The topological polar surface area (TPSA) is 56.7 Å². The highest BCUT2D eigenvalue weighted by Crippen LogP contribution is 2.16. The van der Waals surface area contributed by atoms with Crippen LogP contribution in [-0.4, -0.2) is 15.0 Å². The van der Waals surface area contributed by atoms with Crippen molar-refractivity contribution in [2.45, 2.75) is 26.3 Å². The number of hydrogen-bond acceptors (Lipinski definition) is 3. The molecule has 1 atom stereocenters. The largest absolute Gasteiger partial charge is 0.323 e. The molecule has 0 fully saturated rings. The number of nitrogens with zero attached hydrogens (tertiary/aromatic N) is 3. The average Bonchev–Trinajstić information content (AvgIpc) is 2.77. The van der Waals surface area contributed by atoms with Gasteiger partial charge in [-0.05, 0) is 37.1 Å². The SMILES string of the molecule is CCC(N)c1cn(-c2ccc(F)cc2C)nn1. The zero-order chi connectivity index (χ0) is 12.4. The monoisotopic (exact) mass is 234 g/mol. The minimum absolute atomic E-state index is 0.107. The smallest absolute Gasteiger partial charge is 0.123 e. The molecule has 2 rings (SSSR count). The third kappa shape index (κ3) is 2.34. The first-order valence-electron chi connectivity index (χ1n) is 5.56. The zero-order valence-electron chi connectivity index (χ0n) is 9.89. The number of nitrogens with two attached hydrogens (primary N) is 1. The van der Waals surface area contributed by atoms with E-state index in [1.54, 1.807) is 16.9 Å². The molecule has 0 spiro atoms. The Morgan fingerprint density at radius 1 is 1.47 bits per heavy atom. The van der Waals surface area contributed by atoms with Gasteiger partial charge in [-0.2, -0.15) is 0 Å². The first kappa shape index (κ1) is 11.7. The molecule has 0 radical (unpaired) electrons. The second-order valence-electron chi connectivity index (χ2n) is 4.03. The molecule has 0 bridgehead atoms. The fraction of sp³-hybridized carbons (Fsp3) is 0.333. The summed E-state index contributed by atoms with van der Waals surface area (Å²) in [6.07, 6.45) is 2.59. The summed E-state index contributed by atoms with van der Waals surface area (Å²) in [5, 5.41) is 8.03. The van der Waals surface area contributed by atoms with Crippen LogP contribution in [-0.2, 0) is 0 Å². The van der Waals surface area contributed by atoms with Crippen molar-refractivity contribution in [3.63, 3.8) is 0 Å². The van der Waals surface area contributed by atoms with Gasteiger partial charge in [-0.25, -0.2) is 9.07 Å². The minimum atomic E-state index is -0.253. The van der Waals surface area contributed by atoms with Crippen LogP contribution in [0.4, 0.5) is 4.39 Å². The molecular formula is C12H15FN4. The molecular weight excluding hydrogens is 219 g/mol. The average molecular weight is 234 g/mol. The van der Waals surface area contributed by atoms with Crippen molar-refractivity contribution in [1.82, 2.24) is 15.0 Å². The second-order valence-corrected chi connectivity index (χ2v) is 4.03. The summed E-state index contributed by atoms with van der Waals surface area (Å²) >= 11 is 0. The summed E-state index contributed by atoms with van der Waals surface area (Å²) in [6, 6.07) is 4.45. The Bertz CT molecular complexity index is 521. The van der Waals surface area contributed by atoms with E-state index in [2.05, 4.69) is 10.3 Å². The Balaban J connectivity index is 2.37. The molecule has 0 saturated carbocycles. The lowest BCUT2D eigenvalue weighted by Gasteiger charge is -2.05. The summed E-state index contributed by atoms with van der Waals surface area (Å²) in [7, 11) is 0. The number of aryl methyl sites for hydroxylation is 1. The molecule has 5 heteroatoms. The van der Waals surface area contributed by atoms with Crippen LogP contribution in [0.15, 0.2) is 24.4 Å². The van der Waals surface area contributed by atoms with Crippen LogP contribution < -0.4 is 5.73 Å². The van der Waals surface area contributed by atoms with E-state index in [0.717, 1.165) is 23.4 Å². The maximum Gasteiger partial charge on any atom is 0.123 e. The molecule has 0 aliphatic rings. The van der Waals surface area contributed by atoms with Gasteiger partial charge in [-0.1, -0.05) is 12.1 Å². The molecule has 0 amide bonds. The highest BCUT2D eigenvalue weighted by atomic mass is 19.1. The molecule has 1 unspecified atom stereocenters. The van der Waals surface area contributed by atoms with Crippen molar-refractivity contribution < 1.29 is 4.39 Å². The Kier molecular flexibility index (Phi) is 3.19. The van der Waals surface area contributed by atoms with Gasteiger partial charge < -0.3 is 5.73 Å². The van der Waals surface area contributed by atoms with Crippen LogP contribution in [0.25, 0.3) is 5.69 Å². The van der Waals surface area contributed by atoms with E-state index in [4.69, 9.17) is 5.73 Å². The summed E-state index contributed by atoms with van der Waals surface area (Å²) < 4.78 is 14.6. The van der Waals surface area contributed by atoms with Crippen molar-refractivity contribution in [3.05, 3.63) is 41.5 Å². The number of halogens is 1. The lowest BCUT2D eigenvalue weighted by molar-refractivity contribution is 0.625. The molecule has 4 nitrogen and oxygen atoms in total. The van der Waals surface area contributed by atoms with E-state index in [9.17, 15) is 4.39 Å². The van der Waals surface area contributed by atoms with Crippen molar-refractivity contribution in [2.24, 2.45) is 5.73 Å². The first-order chi connectivity index (χ1) is 8.11. The van der Waals surface area contributed by atoms with Crippen LogP contribution >= 0.6 is 0 Å². The van der Waals surface area contributed by atoms with Gasteiger partial charge in [0.15, 0.2) is 0 Å². The molecule has 1 heterocycles. The normalized spacial score (nSPS) is 12.7. The predicted molar refractivity (Wildman–Crippen MR) is 63.3 cm³/mol. The van der Waals surface area contributed by atoms with Gasteiger partial charge in [0.25, 0.3) is 0 Å². The van der Waals surface area contributed by atoms with Crippen molar-refractivity contribution in [3.8, 4) is 5.69 Å². The summed E-state index contributed by atoms with van der Waals surface area (Å²) in [5.74, 6) is -0.253. The molecule has 0 saturated heterocycles. The molecule has 0 aliphatic heterocycles. The fourth-order valence-corrected chi connectivity index (χ4v) is 1.65. The van der Waals surface area contributed by atoms with Gasteiger partial charge >= 0.3 is 0 Å². The Hall–Kier alpha value is -1.75. The lowest BCUT2D eigenvalue weighted by Crippen LogP contribution is -2.08. The van der Waals surface area contributed by atoms with E-state index in [1.165, 1.54) is 12.1 Å². The minimum Gasteiger partial charge on any atom is -0.323 e. The van der Waals surface area contributed by atoms with Gasteiger partial charge in [-0.15, -0.1) is 5.10 Å². The predicted octanol–water partition coefficient (Wildman–Crippen LogP) is 2.12. The van der Waals surface area contributed by atoms with Crippen LogP contribution in [0.1, 0.15) is 30.6 Å². The van der Waals surface area contributed by atoms with Gasteiger partial charge in [0.05, 0.1) is 23.6 Å². The van der Waals surface area contributed by atoms with Crippen LogP contribution in [0, 0.1) is 12.7 Å². The summed E-state index contributed by atoms with van der Waals surface area (Å²) in [5.41, 5.74) is 8.24. The van der Waals surface area contributed by atoms with E-state index in [1.807, 2.05) is 13.8 Å². The maximum absolute atomic E-state index is 13.0. The van der Waals surface area contributed by atoms with Crippen molar-refractivity contribution in [1.29, 1.82) is 0 Å². The van der Waals surface area contributed by atoms with E-state index in [-0.39, 0.29) is 11.9 Å². The molecule has 0 aliphatic carbocycles. The van der Waals surface area contributed by atoms with E-state index in [0.29, 0.717) is 0 Å². The Morgan fingerprint density at radius 2 is 2.24 bits per heavy atom. The lowest BCUT2D eigenvalue weighted by atomic mass is 10.2. The number of benzene rings is 1. The molecule has 2 N–H and O–H groups in total. The van der Waals surface area contributed by atoms with E-state index < -0.39 is 0 Å². The number of aromatic nitrogens is 3. The van der Waals surface area contributed by atoms with Crippen LogP contribution in [0.2, 0.25) is 0 Å². The molecule has 1 aromatic carbocycles. The van der Waals surface area contributed by atoms with Crippen molar-refractivity contribution in [2.75, 3.05) is 0 Å². The number of rotatable bonds is 3. The fourth-order valence-electron chi connectivity index (χ4n) is 1.65. The Morgan fingerprint density at radius 3 is 2.88 bits per heavy atom. The quantitative estimate of drug-likeness (QED) is 0.885. The van der Waals surface area contributed by atoms with Gasteiger partial charge in [0.2, 0.25) is 0 Å². The van der Waals surface area contributed by atoms with E-state index >= 15 is 0 Å². The standard InChI is InChI=1S/C12H15FN4/c1-3-10(14)11-7-17(16-15-11)12-5-4-9(13)6-8(12)2/h4-7,10H,3,14H2,1-2H3.